The summed E-state index contributed by atoms with van der Waals surface area (Å²) >= 11 is 0. The van der Waals surface area contributed by atoms with Gasteiger partial charge in [-0.3, -0.25) is 4.40 Å². The van der Waals surface area contributed by atoms with Gasteiger partial charge in [-0.15, -0.1) is 10.2 Å². The molecular weight excluding hydrogens is 238 g/mol. The lowest BCUT2D eigenvalue weighted by Crippen LogP contribution is -2.61. The van der Waals surface area contributed by atoms with E-state index in [9.17, 15) is 0 Å². The van der Waals surface area contributed by atoms with Crippen molar-refractivity contribution in [3.05, 3.63) is 18.7 Å². The van der Waals surface area contributed by atoms with Crippen molar-refractivity contribution >= 4 is 11.5 Å². The lowest BCUT2D eigenvalue weighted by Gasteiger charge is -2.53. The fourth-order valence-electron chi connectivity index (χ4n) is 3.18. The molecular formula is C14H21N5. The summed E-state index contributed by atoms with van der Waals surface area (Å²) in [5.41, 5.74) is 0.857. The van der Waals surface area contributed by atoms with Crippen molar-refractivity contribution in [2.75, 3.05) is 11.4 Å². The fourth-order valence-corrected chi connectivity index (χ4v) is 3.18. The van der Waals surface area contributed by atoms with Crippen LogP contribution in [0.5, 0.6) is 0 Å². The van der Waals surface area contributed by atoms with E-state index in [1.165, 1.54) is 0 Å². The molecule has 19 heavy (non-hydrogen) atoms. The summed E-state index contributed by atoms with van der Waals surface area (Å²) in [6.07, 6.45) is 5.44. The Morgan fingerprint density at radius 1 is 1.21 bits per heavy atom. The third kappa shape index (κ3) is 1.88. The average Bonchev–Trinajstić information content (AvgIpc) is 2.74. The van der Waals surface area contributed by atoms with Crippen LogP contribution in [0.2, 0.25) is 0 Å². The second-order valence-electron chi connectivity index (χ2n) is 6.11. The van der Waals surface area contributed by atoms with Crippen molar-refractivity contribution in [3.8, 4) is 0 Å². The molecule has 1 aliphatic heterocycles. The molecule has 0 bridgehead atoms. The van der Waals surface area contributed by atoms with E-state index >= 15 is 0 Å². The zero-order valence-electron chi connectivity index (χ0n) is 12.0. The maximum absolute atomic E-state index is 4.53. The van der Waals surface area contributed by atoms with E-state index in [4.69, 9.17) is 0 Å². The molecule has 102 valence electrons. The number of anilines is 1. The third-order valence-corrected chi connectivity index (χ3v) is 4.21. The molecule has 0 unspecified atom stereocenters. The van der Waals surface area contributed by atoms with Gasteiger partial charge in [-0.05, 0) is 17.8 Å². The molecule has 0 aliphatic carbocycles. The second kappa shape index (κ2) is 4.47. The Balaban J connectivity index is 1.96. The van der Waals surface area contributed by atoms with Gasteiger partial charge in [-0.25, -0.2) is 4.98 Å². The summed E-state index contributed by atoms with van der Waals surface area (Å²) in [7, 11) is 0. The van der Waals surface area contributed by atoms with Crippen LogP contribution < -0.4 is 4.90 Å². The molecule has 5 nitrogen and oxygen atoms in total. The van der Waals surface area contributed by atoms with Crippen LogP contribution in [-0.4, -0.2) is 32.2 Å². The van der Waals surface area contributed by atoms with Gasteiger partial charge in [0.05, 0.1) is 0 Å². The van der Waals surface area contributed by atoms with Gasteiger partial charge in [-0.2, -0.15) is 0 Å². The highest BCUT2D eigenvalue weighted by Crippen LogP contribution is 2.39. The Morgan fingerprint density at radius 2 is 2.00 bits per heavy atom. The highest BCUT2D eigenvalue weighted by molar-refractivity contribution is 5.65. The summed E-state index contributed by atoms with van der Waals surface area (Å²) < 4.78 is 1.93. The number of rotatable bonds is 3. The van der Waals surface area contributed by atoms with Crippen LogP contribution in [0.4, 0.5) is 5.82 Å². The highest BCUT2D eigenvalue weighted by Gasteiger charge is 2.43. The van der Waals surface area contributed by atoms with Crippen molar-refractivity contribution < 1.29 is 0 Å². The number of nitrogens with zero attached hydrogens (tertiary/aromatic N) is 5. The zero-order chi connectivity index (χ0) is 13.6. The van der Waals surface area contributed by atoms with Crippen LogP contribution in [0, 0.1) is 17.8 Å². The number of hydrogen-bond acceptors (Lipinski definition) is 4. The SMILES string of the molecule is CC(C)[C@@H]1[C@H](C(C)C)CN1c1nccn2cnnc12. The van der Waals surface area contributed by atoms with Crippen LogP contribution in [0.25, 0.3) is 5.65 Å². The van der Waals surface area contributed by atoms with Gasteiger partial charge in [0.25, 0.3) is 0 Å². The molecule has 0 aromatic carbocycles. The molecule has 1 saturated heterocycles. The Kier molecular flexibility index (Phi) is 2.92. The molecule has 1 aliphatic rings. The Morgan fingerprint density at radius 3 is 2.68 bits per heavy atom. The maximum Gasteiger partial charge on any atom is 0.203 e. The zero-order valence-corrected chi connectivity index (χ0v) is 12.0. The van der Waals surface area contributed by atoms with Gasteiger partial charge in [0.1, 0.15) is 6.33 Å². The molecule has 0 amide bonds. The van der Waals surface area contributed by atoms with E-state index in [-0.39, 0.29) is 0 Å². The molecule has 1 fully saturated rings. The van der Waals surface area contributed by atoms with Gasteiger partial charge in [0.15, 0.2) is 5.82 Å². The first-order chi connectivity index (χ1) is 9.09. The van der Waals surface area contributed by atoms with Crippen molar-refractivity contribution in [2.45, 2.75) is 33.7 Å². The van der Waals surface area contributed by atoms with Gasteiger partial charge in [0.2, 0.25) is 5.65 Å². The predicted molar refractivity (Wildman–Crippen MR) is 75.1 cm³/mol. The molecule has 5 heteroatoms. The topological polar surface area (TPSA) is 46.3 Å². The van der Waals surface area contributed by atoms with Crippen LogP contribution in [0.15, 0.2) is 18.7 Å². The normalized spacial score (nSPS) is 23.4. The first-order valence-electron chi connectivity index (χ1n) is 7.00. The van der Waals surface area contributed by atoms with Crippen LogP contribution in [-0.2, 0) is 0 Å². The Labute approximate surface area is 113 Å². The molecule has 0 saturated carbocycles. The maximum atomic E-state index is 4.53. The summed E-state index contributed by atoms with van der Waals surface area (Å²) in [5.74, 6) is 3.04. The minimum Gasteiger partial charge on any atom is -0.349 e. The van der Waals surface area contributed by atoms with E-state index in [2.05, 4.69) is 47.8 Å². The molecule has 0 spiro atoms. The van der Waals surface area contributed by atoms with Gasteiger partial charge in [0, 0.05) is 25.0 Å². The standard InChI is InChI=1S/C14H21N5/c1-9(2)11-7-19(12(11)10(3)4)13-14-17-16-8-18(14)6-5-15-13/h5-6,8-12H,7H2,1-4H3/t11-,12+/m0/s1. The fraction of sp³-hybridized carbons (Fsp3) is 0.643. The van der Waals surface area contributed by atoms with Crippen LogP contribution in [0.3, 0.4) is 0 Å². The van der Waals surface area contributed by atoms with Gasteiger partial charge < -0.3 is 4.90 Å². The summed E-state index contributed by atoms with van der Waals surface area (Å²) in [6.45, 7) is 10.3. The van der Waals surface area contributed by atoms with Gasteiger partial charge in [-0.1, -0.05) is 27.7 Å². The van der Waals surface area contributed by atoms with Crippen molar-refractivity contribution in [2.24, 2.45) is 17.8 Å². The van der Waals surface area contributed by atoms with E-state index in [0.29, 0.717) is 17.9 Å². The van der Waals surface area contributed by atoms with E-state index < -0.39 is 0 Å². The minimum absolute atomic E-state index is 0.551. The molecule has 3 heterocycles. The number of hydrogen-bond donors (Lipinski definition) is 0. The summed E-state index contributed by atoms with van der Waals surface area (Å²) in [6, 6.07) is 0.551. The first-order valence-corrected chi connectivity index (χ1v) is 7.00. The number of fused-ring (bicyclic) bond motifs is 1. The largest absolute Gasteiger partial charge is 0.349 e. The van der Waals surface area contributed by atoms with E-state index in [1.54, 1.807) is 6.33 Å². The van der Waals surface area contributed by atoms with Crippen molar-refractivity contribution in [1.82, 2.24) is 19.6 Å². The van der Waals surface area contributed by atoms with Crippen LogP contribution in [0.1, 0.15) is 27.7 Å². The summed E-state index contributed by atoms with van der Waals surface area (Å²) in [5, 5.41) is 8.17. The molecule has 0 radical (unpaired) electrons. The smallest absolute Gasteiger partial charge is 0.203 e. The molecule has 2 aromatic rings. The highest BCUT2D eigenvalue weighted by atomic mass is 15.3. The Hall–Kier alpha value is -1.65. The summed E-state index contributed by atoms with van der Waals surface area (Å²) in [4.78, 5) is 6.92. The first kappa shape index (κ1) is 12.4. The monoisotopic (exact) mass is 259 g/mol. The molecule has 0 N–H and O–H groups in total. The van der Waals surface area contributed by atoms with E-state index in [1.807, 2.05) is 16.8 Å². The van der Waals surface area contributed by atoms with Crippen LogP contribution >= 0.6 is 0 Å². The van der Waals surface area contributed by atoms with Crippen molar-refractivity contribution in [3.63, 3.8) is 0 Å². The minimum atomic E-state index is 0.551. The third-order valence-electron chi connectivity index (χ3n) is 4.21. The lowest BCUT2D eigenvalue weighted by molar-refractivity contribution is 0.176. The van der Waals surface area contributed by atoms with Gasteiger partial charge >= 0.3 is 0 Å². The van der Waals surface area contributed by atoms with Crippen molar-refractivity contribution in [1.29, 1.82) is 0 Å². The molecule has 3 rings (SSSR count). The predicted octanol–water partition coefficient (Wildman–Crippen LogP) is 2.24. The molecule has 2 atom stereocenters. The average molecular weight is 259 g/mol. The quantitative estimate of drug-likeness (QED) is 0.848. The molecule has 2 aromatic heterocycles. The number of aromatic nitrogens is 4. The second-order valence-corrected chi connectivity index (χ2v) is 6.11. The Bertz CT molecular complexity index is 574. The lowest BCUT2D eigenvalue weighted by atomic mass is 9.75. The van der Waals surface area contributed by atoms with E-state index in [0.717, 1.165) is 23.9 Å².